The molecular weight excluding hydrogens is 1400 g/mol. The molecule has 0 radical (unpaired) electrons. The van der Waals surface area contributed by atoms with E-state index < -0.39 is 24.2 Å². The van der Waals surface area contributed by atoms with E-state index in [0.29, 0.717) is 0 Å². The van der Waals surface area contributed by atoms with Crippen LogP contribution in [0, 0.1) is 20.8 Å². The Hall–Kier alpha value is -13.1. The van der Waals surface area contributed by atoms with Gasteiger partial charge in [-0.15, -0.1) is 0 Å². The van der Waals surface area contributed by atoms with Gasteiger partial charge in [0.05, 0.1) is 16.7 Å². The molecule has 18 aromatic rings. The lowest BCUT2D eigenvalue weighted by atomic mass is 9.33. The number of nitrogens with zero attached hydrogens (tertiary/aromatic N) is 3. The third-order valence-electron chi connectivity index (χ3n) is 24.2. The topological polar surface area (TPSA) is 11.4 Å². The van der Waals surface area contributed by atoms with Gasteiger partial charge in [0.15, 0.2) is 24.2 Å². The number of hydrogen-bond acceptors (Lipinski definition) is 2. The average Bonchev–Trinajstić information content (AvgIpc) is 0.748. The fourth-order valence-corrected chi connectivity index (χ4v) is 33.8. The highest BCUT2D eigenvalue weighted by atomic mass is 28.3. The van der Waals surface area contributed by atoms with Crippen molar-refractivity contribution in [3.05, 3.63) is 447 Å². The molecule has 530 valence electrons. The van der Waals surface area contributed by atoms with Crippen LogP contribution in [0.4, 0.5) is 34.1 Å². The molecule has 2 aliphatic heterocycles. The molecule has 0 spiro atoms. The fourth-order valence-electron chi connectivity index (χ4n) is 19.4. The summed E-state index contributed by atoms with van der Waals surface area (Å²) >= 11 is 0. The first-order valence-electron chi connectivity index (χ1n) is 39.2. The second kappa shape index (κ2) is 28.1. The molecule has 3 nitrogen and oxygen atoms in total. The van der Waals surface area contributed by atoms with Crippen LogP contribution >= 0.6 is 0 Å². The number of aryl methyl sites for hydroxylation is 3. The molecule has 0 saturated carbocycles. The Morgan fingerprint density at radius 3 is 0.982 bits per heavy atom. The summed E-state index contributed by atoms with van der Waals surface area (Å²) in [6.07, 6.45) is 0. The monoisotopic (exact) mass is 1480 g/mol. The van der Waals surface area contributed by atoms with Gasteiger partial charge in [0.25, 0.3) is 6.71 Å². The lowest BCUT2D eigenvalue weighted by Crippen LogP contribution is -2.75. The van der Waals surface area contributed by atoms with E-state index in [2.05, 4.69) is 466 Å². The van der Waals surface area contributed by atoms with Crippen LogP contribution in [-0.2, 0) is 0 Å². The highest BCUT2D eigenvalue weighted by Gasteiger charge is 2.50. The van der Waals surface area contributed by atoms with Crippen LogP contribution < -0.4 is 88.4 Å². The Labute approximate surface area is 660 Å². The molecule has 0 unspecified atom stereocenters. The number of benzene rings is 17. The largest absolute Gasteiger partial charge is 0.311 e. The highest BCUT2D eigenvalue weighted by Crippen LogP contribution is 2.47. The molecular formula is C105H80BN3Si3. The van der Waals surface area contributed by atoms with Gasteiger partial charge in [-0.2, -0.15) is 0 Å². The van der Waals surface area contributed by atoms with E-state index in [4.69, 9.17) is 0 Å². The number of hydrogen-bond donors (Lipinski definition) is 0. The Balaban J connectivity index is 0.953. The van der Waals surface area contributed by atoms with E-state index in [1.807, 2.05) is 0 Å². The molecule has 2 aliphatic rings. The summed E-state index contributed by atoms with van der Waals surface area (Å²) in [6, 6.07) is 166. The molecule has 0 bridgehead atoms. The third kappa shape index (κ3) is 10.9. The van der Waals surface area contributed by atoms with E-state index in [-0.39, 0.29) is 6.71 Å². The fraction of sp³-hybridized carbons (Fsp3) is 0.0286. The van der Waals surface area contributed by atoms with Gasteiger partial charge in [-0.25, -0.2) is 0 Å². The lowest BCUT2D eigenvalue weighted by molar-refractivity contribution is 1.16. The van der Waals surface area contributed by atoms with Crippen LogP contribution in [0.25, 0.3) is 38.6 Å². The Morgan fingerprint density at radius 2 is 0.545 bits per heavy atom. The van der Waals surface area contributed by atoms with Crippen molar-refractivity contribution in [3.8, 4) is 16.8 Å². The quantitative estimate of drug-likeness (QED) is 0.0706. The molecule has 3 heterocycles. The first-order chi connectivity index (χ1) is 55.3. The predicted molar refractivity (Wildman–Crippen MR) is 485 cm³/mol. The Morgan fingerprint density at radius 1 is 0.214 bits per heavy atom. The Kier molecular flexibility index (Phi) is 17.1. The van der Waals surface area contributed by atoms with E-state index in [9.17, 15) is 0 Å². The van der Waals surface area contributed by atoms with Gasteiger partial charge in [-0.1, -0.05) is 381 Å². The van der Waals surface area contributed by atoms with Gasteiger partial charge < -0.3 is 14.4 Å². The summed E-state index contributed by atoms with van der Waals surface area (Å²) in [4.78, 5) is 5.40. The van der Waals surface area contributed by atoms with Crippen LogP contribution in [-0.4, -0.2) is 35.5 Å². The summed E-state index contributed by atoms with van der Waals surface area (Å²) in [5.74, 6) is 0. The summed E-state index contributed by atoms with van der Waals surface area (Å²) < 4.78 is 2.57. The van der Waals surface area contributed by atoms with Gasteiger partial charge in [0, 0.05) is 44.9 Å². The average molecular weight is 1480 g/mol. The second-order valence-electron chi connectivity index (χ2n) is 30.4. The molecule has 1 aromatic heterocycles. The second-order valence-corrected chi connectivity index (χ2v) is 41.8. The third-order valence-corrected chi connectivity index (χ3v) is 38.6. The van der Waals surface area contributed by atoms with Crippen molar-refractivity contribution in [1.82, 2.24) is 4.57 Å². The van der Waals surface area contributed by atoms with Gasteiger partial charge in [-0.05, 0) is 177 Å². The SMILES string of the molecule is Cc1ccc(-c2ccc3c(c2)B2c4cc([Si](c5ccccc5)(c5ccccc5)c5ccccc5)ccc4N(c4ccc([Si](c5ccccc5)(c5ccccc5)c5ccccc5)cc4)c4cc(-n5c6ccc(C)cc6c6cc(C)ccc65)cc(c42)N3c2ccccc2[Si](c2ccccc2)(c2ccccc2)c2ccccc2)cc1. The zero-order valence-corrected chi connectivity index (χ0v) is 65.9. The predicted octanol–water partition coefficient (Wildman–Crippen LogP) is 15.6. The highest BCUT2D eigenvalue weighted by molar-refractivity contribution is 7.21. The zero-order valence-electron chi connectivity index (χ0n) is 62.9. The molecule has 0 amide bonds. The van der Waals surface area contributed by atoms with E-state index in [1.54, 1.807) is 0 Å². The number of para-hydroxylation sites is 1. The van der Waals surface area contributed by atoms with Gasteiger partial charge in [-0.3, -0.25) is 0 Å². The molecule has 20 rings (SSSR count). The molecule has 0 aliphatic carbocycles. The minimum absolute atomic E-state index is 0.292. The van der Waals surface area contributed by atoms with Crippen molar-refractivity contribution in [1.29, 1.82) is 0 Å². The van der Waals surface area contributed by atoms with Gasteiger partial charge in [0.2, 0.25) is 0 Å². The summed E-state index contributed by atoms with van der Waals surface area (Å²) in [5, 5.41) is 18.3. The number of rotatable bonds is 16. The molecule has 17 aromatic carbocycles. The van der Waals surface area contributed by atoms with Crippen molar-refractivity contribution < 1.29 is 0 Å². The maximum atomic E-state index is 2.73. The van der Waals surface area contributed by atoms with Crippen molar-refractivity contribution in [2.24, 2.45) is 0 Å². The summed E-state index contributed by atoms with van der Waals surface area (Å²) in [5.41, 5.74) is 19.9. The molecule has 7 heteroatoms. The first-order valence-corrected chi connectivity index (χ1v) is 45.2. The maximum Gasteiger partial charge on any atom is 0.252 e. The van der Waals surface area contributed by atoms with Crippen molar-refractivity contribution in [3.63, 3.8) is 0 Å². The van der Waals surface area contributed by atoms with Gasteiger partial charge >= 0.3 is 0 Å². The maximum absolute atomic E-state index is 3.31. The normalized spacial score (nSPS) is 12.5. The van der Waals surface area contributed by atoms with E-state index in [0.717, 1.165) is 50.8 Å². The van der Waals surface area contributed by atoms with Gasteiger partial charge in [0.1, 0.15) is 0 Å². The van der Waals surface area contributed by atoms with Crippen molar-refractivity contribution in [2.45, 2.75) is 20.8 Å². The van der Waals surface area contributed by atoms with Crippen LogP contribution in [0.15, 0.2) is 431 Å². The van der Waals surface area contributed by atoms with Crippen LogP contribution in [0.1, 0.15) is 16.7 Å². The van der Waals surface area contributed by atoms with Crippen LogP contribution in [0.3, 0.4) is 0 Å². The Bertz CT molecular complexity index is 6160. The molecule has 0 N–H and O–H groups in total. The first kappa shape index (κ1) is 68.2. The molecule has 0 atom stereocenters. The molecule has 0 fully saturated rings. The number of aromatic nitrogens is 1. The van der Waals surface area contributed by atoms with E-state index in [1.165, 1.54) is 117 Å². The summed E-state index contributed by atoms with van der Waals surface area (Å²) in [6.45, 7) is 6.36. The zero-order chi connectivity index (χ0) is 74.9. The van der Waals surface area contributed by atoms with Crippen molar-refractivity contribution in [2.75, 3.05) is 9.80 Å². The van der Waals surface area contributed by atoms with Crippen LogP contribution in [0.5, 0.6) is 0 Å². The smallest absolute Gasteiger partial charge is 0.252 e. The minimum Gasteiger partial charge on any atom is -0.311 e. The van der Waals surface area contributed by atoms with Crippen molar-refractivity contribution >= 4 is 165 Å². The number of fused-ring (bicyclic) bond motifs is 7. The number of anilines is 6. The minimum atomic E-state index is -3.31. The lowest BCUT2D eigenvalue weighted by Gasteiger charge is -2.46. The summed E-state index contributed by atoms with van der Waals surface area (Å²) in [7, 11) is -9.51. The van der Waals surface area contributed by atoms with E-state index >= 15 is 0 Å². The standard InChI is InChI=1S/C105H80BN3Si3/c1-75-53-57-78(58-54-75)79-59-67-100-95(71-79)106-96-74-92(111(85-39-19-7-20-40-85,86-41-21-8-22-42-86)87-43-23-9-24-44-87)64-68-99(96)107(80-60-62-91(63-61-80)110(82-33-13-4-14-34-82,83-35-15-5-16-36-83)84-37-17-6-18-38-84)102-72-81(108-97-65-55-76(2)69-93(97)94-70-77(3)56-66-98(94)108)73-103(105(102)106)109(100)101-51-31-32-52-104(101)112(88-45-25-10-26-46-88,89-47-27-11-28-48-89)90-49-29-12-30-50-90/h4-74H,1-3H3. The molecule has 0 saturated heterocycles. The van der Waals surface area contributed by atoms with Crippen LogP contribution in [0.2, 0.25) is 0 Å². The molecule has 112 heavy (non-hydrogen) atoms.